The van der Waals surface area contributed by atoms with Crippen molar-refractivity contribution in [3.8, 4) is 0 Å². The van der Waals surface area contributed by atoms with Gasteiger partial charge >= 0.3 is 6.03 Å². The summed E-state index contributed by atoms with van der Waals surface area (Å²) in [4.78, 5) is 28.6. The second-order valence-corrected chi connectivity index (χ2v) is 8.24. The predicted molar refractivity (Wildman–Crippen MR) is 104 cm³/mol. The van der Waals surface area contributed by atoms with E-state index in [0.717, 1.165) is 37.7 Å². The van der Waals surface area contributed by atoms with E-state index in [4.69, 9.17) is 11.6 Å². The number of rotatable bonds is 4. The number of amides is 3. The maximum absolute atomic E-state index is 12.3. The van der Waals surface area contributed by atoms with E-state index < -0.39 is 6.03 Å². The number of hydrogen-bond acceptors (Lipinski definition) is 4. The van der Waals surface area contributed by atoms with Crippen LogP contribution in [-0.4, -0.2) is 59.5 Å². The summed E-state index contributed by atoms with van der Waals surface area (Å²) in [5, 5.41) is 5.92. The van der Waals surface area contributed by atoms with Crippen LogP contribution < -0.4 is 10.6 Å². The van der Waals surface area contributed by atoms with E-state index in [1.807, 2.05) is 52.0 Å². The van der Waals surface area contributed by atoms with Crippen LogP contribution in [0.15, 0.2) is 24.3 Å². The second-order valence-electron chi connectivity index (χ2n) is 7.81. The number of piperazine rings is 1. The Labute approximate surface area is 160 Å². The van der Waals surface area contributed by atoms with Crippen LogP contribution in [0.2, 0.25) is 5.02 Å². The first kappa shape index (κ1) is 20.7. The zero-order valence-corrected chi connectivity index (χ0v) is 16.8. The minimum atomic E-state index is -0.448. The third-order valence-electron chi connectivity index (χ3n) is 4.38. The van der Waals surface area contributed by atoms with Crippen molar-refractivity contribution in [1.29, 1.82) is 0 Å². The third kappa shape index (κ3) is 6.59. The fraction of sp³-hybridized carbons (Fsp3) is 0.579. The number of carbonyl (C=O) groups excluding carboxylic acids is 2. The average Bonchev–Trinajstić information content (AvgIpc) is 2.55. The number of carbonyl (C=O) groups is 2. The average molecular weight is 381 g/mol. The molecule has 3 amide bonds. The van der Waals surface area contributed by atoms with Crippen LogP contribution in [0, 0.1) is 0 Å². The SMILES string of the molecule is CC(C(=O)NC(=O)NC(C)(C)C)N1CCN(Cc2ccc(Cl)cc2)CC1. The van der Waals surface area contributed by atoms with E-state index in [2.05, 4.69) is 20.4 Å². The molecule has 1 aliphatic rings. The highest BCUT2D eigenvalue weighted by Gasteiger charge is 2.27. The summed E-state index contributed by atoms with van der Waals surface area (Å²) in [7, 11) is 0. The molecule has 1 saturated heterocycles. The quantitative estimate of drug-likeness (QED) is 0.842. The summed E-state index contributed by atoms with van der Waals surface area (Å²) in [6.07, 6.45) is 0. The van der Waals surface area contributed by atoms with Gasteiger partial charge in [-0.2, -0.15) is 0 Å². The van der Waals surface area contributed by atoms with Crippen molar-refractivity contribution in [2.45, 2.75) is 45.8 Å². The molecule has 1 aromatic carbocycles. The minimum absolute atomic E-state index is 0.266. The lowest BCUT2D eigenvalue weighted by Gasteiger charge is -2.37. The number of benzene rings is 1. The fourth-order valence-electron chi connectivity index (χ4n) is 2.91. The fourth-order valence-corrected chi connectivity index (χ4v) is 3.04. The topological polar surface area (TPSA) is 64.7 Å². The number of imide groups is 1. The van der Waals surface area contributed by atoms with Gasteiger partial charge in [0.05, 0.1) is 6.04 Å². The standard InChI is InChI=1S/C19H29ClN4O2/c1-14(17(25)21-18(26)22-19(2,3)4)24-11-9-23(10-12-24)13-15-5-7-16(20)8-6-15/h5-8,14H,9-13H2,1-4H3,(H2,21,22,25,26). The Morgan fingerprint density at radius 3 is 2.23 bits per heavy atom. The summed E-state index contributed by atoms with van der Waals surface area (Å²) in [6.45, 7) is 11.7. The maximum atomic E-state index is 12.3. The molecule has 2 N–H and O–H groups in total. The Morgan fingerprint density at radius 2 is 1.69 bits per heavy atom. The largest absolute Gasteiger partial charge is 0.333 e. The predicted octanol–water partition coefficient (Wildman–Crippen LogP) is 2.47. The zero-order chi connectivity index (χ0) is 19.3. The number of nitrogens with zero attached hydrogens (tertiary/aromatic N) is 2. The van der Waals surface area contributed by atoms with Crippen molar-refractivity contribution >= 4 is 23.5 Å². The molecule has 7 heteroatoms. The highest BCUT2D eigenvalue weighted by molar-refractivity contribution is 6.30. The minimum Gasteiger partial charge on any atom is -0.333 e. The molecular formula is C19H29ClN4O2. The van der Waals surface area contributed by atoms with Crippen molar-refractivity contribution < 1.29 is 9.59 Å². The summed E-state index contributed by atoms with van der Waals surface area (Å²) in [5.41, 5.74) is 0.855. The monoisotopic (exact) mass is 380 g/mol. The molecule has 0 spiro atoms. The van der Waals surface area contributed by atoms with E-state index in [1.165, 1.54) is 5.56 Å². The van der Waals surface area contributed by atoms with Gasteiger partial charge in [0.2, 0.25) is 5.91 Å². The molecular weight excluding hydrogens is 352 g/mol. The molecule has 0 saturated carbocycles. The molecule has 6 nitrogen and oxygen atoms in total. The highest BCUT2D eigenvalue weighted by Crippen LogP contribution is 2.14. The number of nitrogens with one attached hydrogen (secondary N) is 2. The lowest BCUT2D eigenvalue weighted by Crippen LogP contribution is -2.56. The number of urea groups is 1. The van der Waals surface area contributed by atoms with Gasteiger partial charge in [-0.15, -0.1) is 0 Å². The molecule has 0 radical (unpaired) electrons. The lowest BCUT2D eigenvalue weighted by molar-refractivity contribution is -0.125. The van der Waals surface area contributed by atoms with Crippen molar-refractivity contribution in [2.75, 3.05) is 26.2 Å². The Hall–Kier alpha value is -1.63. The maximum Gasteiger partial charge on any atom is 0.321 e. The van der Waals surface area contributed by atoms with Gasteiger partial charge in [-0.25, -0.2) is 4.79 Å². The smallest absolute Gasteiger partial charge is 0.321 e. The van der Waals surface area contributed by atoms with Gasteiger partial charge in [-0.3, -0.25) is 19.9 Å². The van der Waals surface area contributed by atoms with Crippen LogP contribution >= 0.6 is 11.6 Å². The van der Waals surface area contributed by atoms with Crippen LogP contribution in [0.1, 0.15) is 33.3 Å². The molecule has 0 bridgehead atoms. The zero-order valence-electron chi connectivity index (χ0n) is 16.0. The van der Waals surface area contributed by atoms with Crippen LogP contribution in [0.4, 0.5) is 4.79 Å². The molecule has 1 unspecified atom stereocenters. The first-order valence-corrected chi connectivity index (χ1v) is 9.36. The van der Waals surface area contributed by atoms with Gasteiger partial charge in [-0.05, 0) is 45.4 Å². The van der Waals surface area contributed by atoms with Gasteiger partial charge in [0, 0.05) is 43.3 Å². The third-order valence-corrected chi connectivity index (χ3v) is 4.63. The van der Waals surface area contributed by atoms with Crippen LogP contribution in [0.25, 0.3) is 0 Å². The summed E-state index contributed by atoms with van der Waals surface area (Å²) < 4.78 is 0. The van der Waals surface area contributed by atoms with Crippen molar-refractivity contribution in [3.05, 3.63) is 34.9 Å². The van der Waals surface area contributed by atoms with Crippen molar-refractivity contribution in [2.24, 2.45) is 0 Å². The van der Waals surface area contributed by atoms with Gasteiger partial charge in [0.25, 0.3) is 0 Å². The van der Waals surface area contributed by atoms with Gasteiger partial charge in [-0.1, -0.05) is 23.7 Å². The molecule has 0 aromatic heterocycles. The molecule has 1 fully saturated rings. The summed E-state index contributed by atoms with van der Waals surface area (Å²) in [6, 6.07) is 7.11. The first-order chi connectivity index (χ1) is 12.1. The molecule has 1 aromatic rings. The van der Waals surface area contributed by atoms with Crippen LogP contribution in [-0.2, 0) is 11.3 Å². The van der Waals surface area contributed by atoms with E-state index in [0.29, 0.717) is 0 Å². The second kappa shape index (κ2) is 8.84. The Balaban J connectivity index is 1.78. The summed E-state index contributed by atoms with van der Waals surface area (Å²) >= 11 is 5.92. The number of hydrogen-bond donors (Lipinski definition) is 2. The lowest BCUT2D eigenvalue weighted by atomic mass is 10.1. The van der Waals surface area contributed by atoms with Crippen molar-refractivity contribution in [3.63, 3.8) is 0 Å². The van der Waals surface area contributed by atoms with Crippen molar-refractivity contribution in [1.82, 2.24) is 20.4 Å². The Kier molecular flexibility index (Phi) is 7.03. The molecule has 1 atom stereocenters. The van der Waals surface area contributed by atoms with E-state index in [1.54, 1.807) is 0 Å². The Bertz CT molecular complexity index is 619. The van der Waals surface area contributed by atoms with Crippen LogP contribution in [0.3, 0.4) is 0 Å². The van der Waals surface area contributed by atoms with Gasteiger partial charge in [0.15, 0.2) is 0 Å². The van der Waals surface area contributed by atoms with E-state index in [9.17, 15) is 9.59 Å². The van der Waals surface area contributed by atoms with Gasteiger partial charge < -0.3 is 5.32 Å². The molecule has 0 aliphatic carbocycles. The van der Waals surface area contributed by atoms with E-state index in [-0.39, 0.29) is 17.5 Å². The van der Waals surface area contributed by atoms with Gasteiger partial charge in [0.1, 0.15) is 0 Å². The first-order valence-electron chi connectivity index (χ1n) is 8.98. The number of halogens is 1. The summed E-state index contributed by atoms with van der Waals surface area (Å²) in [5.74, 6) is -0.266. The molecule has 1 aliphatic heterocycles. The highest BCUT2D eigenvalue weighted by atomic mass is 35.5. The molecule has 1 heterocycles. The molecule has 2 rings (SSSR count). The van der Waals surface area contributed by atoms with Crippen LogP contribution in [0.5, 0.6) is 0 Å². The van der Waals surface area contributed by atoms with E-state index >= 15 is 0 Å². The molecule has 26 heavy (non-hydrogen) atoms. The Morgan fingerprint density at radius 1 is 1.12 bits per heavy atom. The normalized spacial score (nSPS) is 17.6. The molecule has 144 valence electrons.